The van der Waals surface area contributed by atoms with E-state index in [-0.39, 0.29) is 16.3 Å². The molecule has 0 radical (unpaired) electrons. The zero-order chi connectivity index (χ0) is 15.1. The Kier molecular flexibility index (Phi) is 3.03. The molecule has 0 bridgehead atoms. The summed E-state index contributed by atoms with van der Waals surface area (Å²) in [5.74, 6) is -1.72. The van der Waals surface area contributed by atoms with Gasteiger partial charge in [0.2, 0.25) is 0 Å². The number of rotatable bonds is 2. The molecule has 5 nitrogen and oxygen atoms in total. The summed E-state index contributed by atoms with van der Waals surface area (Å²) in [5, 5.41) is 9.23. The summed E-state index contributed by atoms with van der Waals surface area (Å²) in [6, 6.07) is 7.97. The van der Waals surface area contributed by atoms with Crippen LogP contribution in [-0.4, -0.2) is 20.6 Å². The van der Waals surface area contributed by atoms with Gasteiger partial charge in [0.15, 0.2) is 0 Å². The molecule has 1 aromatic heterocycles. The number of nitrogens with zero attached hydrogens (tertiary/aromatic N) is 1. The van der Waals surface area contributed by atoms with Gasteiger partial charge in [0, 0.05) is 5.02 Å². The molecule has 0 unspecified atom stereocenters. The van der Waals surface area contributed by atoms with E-state index in [4.69, 9.17) is 16.7 Å². The number of carboxylic acid groups (broad SMARTS) is 1. The van der Waals surface area contributed by atoms with Crippen LogP contribution in [-0.2, 0) is 0 Å². The van der Waals surface area contributed by atoms with Crippen LogP contribution in [0.3, 0.4) is 0 Å². The van der Waals surface area contributed by atoms with E-state index in [0.29, 0.717) is 11.0 Å². The van der Waals surface area contributed by atoms with Gasteiger partial charge in [0.25, 0.3) is 0 Å². The minimum absolute atomic E-state index is 0.00169. The highest BCUT2D eigenvalue weighted by atomic mass is 35.5. The lowest BCUT2D eigenvalue weighted by molar-refractivity contribution is 0.0697. The van der Waals surface area contributed by atoms with Gasteiger partial charge < -0.3 is 10.1 Å². The number of nitrogens with one attached hydrogen (secondary N) is 1. The summed E-state index contributed by atoms with van der Waals surface area (Å²) in [4.78, 5) is 25.5. The summed E-state index contributed by atoms with van der Waals surface area (Å²) in [6.45, 7) is 0. The van der Waals surface area contributed by atoms with Gasteiger partial charge >= 0.3 is 11.7 Å². The van der Waals surface area contributed by atoms with Gasteiger partial charge in [0.1, 0.15) is 5.82 Å². The average molecular weight is 307 g/mol. The molecular weight excluding hydrogens is 299 g/mol. The largest absolute Gasteiger partial charge is 0.478 e. The molecule has 2 aromatic carbocycles. The maximum atomic E-state index is 13.9. The van der Waals surface area contributed by atoms with Crippen LogP contribution in [0.1, 0.15) is 10.4 Å². The lowest BCUT2D eigenvalue weighted by Crippen LogP contribution is -2.15. The predicted molar refractivity (Wildman–Crippen MR) is 75.8 cm³/mol. The van der Waals surface area contributed by atoms with Crippen LogP contribution in [0.5, 0.6) is 0 Å². The van der Waals surface area contributed by atoms with Crippen molar-refractivity contribution in [2.75, 3.05) is 0 Å². The van der Waals surface area contributed by atoms with E-state index < -0.39 is 17.5 Å². The third kappa shape index (κ3) is 2.19. The van der Waals surface area contributed by atoms with E-state index in [1.54, 1.807) is 0 Å². The molecule has 3 rings (SSSR count). The number of benzene rings is 2. The first kappa shape index (κ1) is 13.4. The zero-order valence-corrected chi connectivity index (χ0v) is 11.2. The Bertz CT molecular complexity index is 930. The molecule has 0 spiro atoms. The van der Waals surface area contributed by atoms with E-state index in [1.165, 1.54) is 30.3 Å². The molecular formula is C14H8ClFN2O3. The van der Waals surface area contributed by atoms with Crippen molar-refractivity contribution in [2.24, 2.45) is 0 Å². The molecule has 0 aliphatic rings. The second-order valence-corrected chi connectivity index (χ2v) is 4.83. The van der Waals surface area contributed by atoms with Gasteiger partial charge in [-0.2, -0.15) is 0 Å². The quantitative estimate of drug-likeness (QED) is 0.764. The third-order valence-corrected chi connectivity index (χ3v) is 3.31. The summed E-state index contributed by atoms with van der Waals surface area (Å²) in [6.07, 6.45) is 0. The van der Waals surface area contributed by atoms with Crippen molar-refractivity contribution in [1.29, 1.82) is 0 Å². The molecule has 21 heavy (non-hydrogen) atoms. The Morgan fingerprint density at radius 2 is 2.00 bits per heavy atom. The number of carboxylic acids is 1. The molecule has 2 N–H and O–H groups in total. The standard InChI is InChI=1S/C14H8ClFN2O3/c15-8-2-3-9(16)12(6-8)18-11-4-1-7(13(19)20)5-10(11)17-14(18)21/h1-6H,(H,17,21)(H,19,20). The van der Waals surface area contributed by atoms with Crippen molar-refractivity contribution < 1.29 is 14.3 Å². The van der Waals surface area contributed by atoms with Crippen molar-refractivity contribution in [3.63, 3.8) is 0 Å². The molecule has 0 amide bonds. The van der Waals surface area contributed by atoms with Gasteiger partial charge in [-0.3, -0.25) is 4.57 Å². The topological polar surface area (TPSA) is 75.1 Å². The van der Waals surface area contributed by atoms with Crippen molar-refractivity contribution in [3.8, 4) is 5.69 Å². The third-order valence-electron chi connectivity index (χ3n) is 3.08. The van der Waals surface area contributed by atoms with Crippen LogP contribution < -0.4 is 5.69 Å². The maximum absolute atomic E-state index is 13.9. The van der Waals surface area contributed by atoms with Gasteiger partial charge in [-0.1, -0.05) is 11.6 Å². The van der Waals surface area contributed by atoms with Crippen LogP contribution in [0.2, 0.25) is 5.02 Å². The summed E-state index contributed by atoms with van der Waals surface area (Å²) >= 11 is 5.83. The maximum Gasteiger partial charge on any atom is 0.335 e. The number of halogens is 2. The van der Waals surface area contributed by atoms with Gasteiger partial charge in [-0.25, -0.2) is 14.0 Å². The van der Waals surface area contributed by atoms with E-state index >= 15 is 0 Å². The average Bonchev–Trinajstić information content (AvgIpc) is 2.76. The zero-order valence-electron chi connectivity index (χ0n) is 10.4. The number of aromatic carboxylic acids is 1. The normalized spacial score (nSPS) is 11.0. The Morgan fingerprint density at radius 3 is 2.71 bits per heavy atom. The molecule has 7 heteroatoms. The summed E-state index contributed by atoms with van der Waals surface area (Å²) in [5.41, 5.74) is 0.128. The molecule has 0 saturated carbocycles. The smallest absolute Gasteiger partial charge is 0.335 e. The van der Waals surface area contributed by atoms with Crippen molar-refractivity contribution in [2.45, 2.75) is 0 Å². The number of hydrogen-bond acceptors (Lipinski definition) is 2. The molecule has 0 saturated heterocycles. The highest BCUT2D eigenvalue weighted by molar-refractivity contribution is 6.30. The Balaban J connectivity index is 2.33. The van der Waals surface area contributed by atoms with E-state index in [0.717, 1.165) is 10.6 Å². The highest BCUT2D eigenvalue weighted by Gasteiger charge is 2.14. The van der Waals surface area contributed by atoms with Gasteiger partial charge in [-0.15, -0.1) is 0 Å². The van der Waals surface area contributed by atoms with Crippen LogP contribution in [0.25, 0.3) is 16.7 Å². The van der Waals surface area contributed by atoms with Crippen LogP contribution in [0.15, 0.2) is 41.2 Å². The van der Waals surface area contributed by atoms with Crippen LogP contribution in [0, 0.1) is 5.82 Å². The van der Waals surface area contributed by atoms with Gasteiger partial charge in [-0.05, 0) is 36.4 Å². The SMILES string of the molecule is O=C(O)c1ccc2c(c1)[nH]c(=O)n2-c1cc(Cl)ccc1F. The van der Waals surface area contributed by atoms with Crippen LogP contribution in [0.4, 0.5) is 4.39 Å². The molecule has 3 aromatic rings. The number of fused-ring (bicyclic) bond motifs is 1. The molecule has 0 aliphatic carbocycles. The first-order chi connectivity index (χ1) is 9.97. The Labute approximate surface area is 122 Å². The van der Waals surface area contributed by atoms with Crippen molar-refractivity contribution >= 4 is 28.6 Å². The monoisotopic (exact) mass is 306 g/mol. The lowest BCUT2D eigenvalue weighted by atomic mass is 10.2. The van der Waals surface area contributed by atoms with E-state index in [9.17, 15) is 14.0 Å². The Hall–Kier alpha value is -2.60. The van der Waals surface area contributed by atoms with E-state index in [1.807, 2.05) is 0 Å². The fourth-order valence-corrected chi connectivity index (χ4v) is 2.31. The first-order valence-electron chi connectivity index (χ1n) is 5.91. The molecule has 106 valence electrons. The summed E-state index contributed by atoms with van der Waals surface area (Å²) in [7, 11) is 0. The van der Waals surface area contributed by atoms with E-state index in [2.05, 4.69) is 4.98 Å². The number of carbonyl (C=O) groups is 1. The first-order valence-corrected chi connectivity index (χ1v) is 6.28. The molecule has 1 heterocycles. The second kappa shape index (κ2) is 4.75. The summed E-state index contributed by atoms with van der Waals surface area (Å²) < 4.78 is 15.0. The fourth-order valence-electron chi connectivity index (χ4n) is 2.14. The minimum atomic E-state index is -1.11. The minimum Gasteiger partial charge on any atom is -0.478 e. The lowest BCUT2D eigenvalue weighted by Gasteiger charge is -2.05. The van der Waals surface area contributed by atoms with Crippen molar-refractivity contribution in [3.05, 3.63) is 63.3 Å². The van der Waals surface area contributed by atoms with Crippen molar-refractivity contribution in [1.82, 2.24) is 9.55 Å². The number of aromatic amines is 1. The Morgan fingerprint density at radius 1 is 1.24 bits per heavy atom. The molecule has 0 fully saturated rings. The predicted octanol–water partition coefficient (Wildman–Crippen LogP) is 2.81. The fraction of sp³-hybridized carbons (Fsp3) is 0. The van der Waals surface area contributed by atoms with Gasteiger partial charge in [0.05, 0.1) is 22.3 Å². The number of imidazole rings is 1. The highest BCUT2D eigenvalue weighted by Crippen LogP contribution is 2.22. The number of hydrogen-bond donors (Lipinski definition) is 2. The molecule has 0 atom stereocenters. The number of H-pyrrole nitrogens is 1. The second-order valence-electron chi connectivity index (χ2n) is 4.40. The van der Waals surface area contributed by atoms with Crippen LogP contribution >= 0.6 is 11.6 Å². The molecule has 0 aliphatic heterocycles. The number of aromatic nitrogens is 2.